The van der Waals surface area contributed by atoms with Gasteiger partial charge in [-0.2, -0.15) is 0 Å². The third-order valence-electron chi connectivity index (χ3n) is 0. The zero-order valence-electron chi connectivity index (χ0n) is 3.55. The van der Waals surface area contributed by atoms with Crippen molar-refractivity contribution in [2.75, 3.05) is 0 Å². The van der Waals surface area contributed by atoms with Crippen LogP contribution in [0.1, 0.15) is 0 Å². The summed E-state index contributed by atoms with van der Waals surface area (Å²) in [5, 5.41) is 0. The van der Waals surface area contributed by atoms with Gasteiger partial charge in [0, 0.05) is 0 Å². The molecule has 0 heterocycles. The van der Waals surface area contributed by atoms with Gasteiger partial charge < -0.3 is 5.48 Å². The quantitative estimate of drug-likeness (QED) is 0.414. The second-order valence-electron chi connectivity index (χ2n) is 0.0833. The summed E-state index contributed by atoms with van der Waals surface area (Å²) in [5.74, 6) is 0. The Bertz CT molecular complexity index is 41.0. The molecular weight excluding hydrogens is 168 g/mol. The molecule has 7 heavy (non-hydrogen) atoms. The Hall–Kier alpha value is 0.265. The molecule has 0 amide bonds. The molecule has 0 aromatic rings. The van der Waals surface area contributed by atoms with Crippen molar-refractivity contribution in [3.05, 3.63) is 0 Å². The molecule has 0 saturated carbocycles. The average Bonchev–Trinajstić information content (AvgIpc) is 1.46. The predicted molar refractivity (Wildman–Crippen MR) is 15.6 cm³/mol. The summed E-state index contributed by atoms with van der Waals surface area (Å²) in [6.07, 6.45) is 0. The van der Waals surface area contributed by atoms with Crippen molar-refractivity contribution >= 4 is 17.0 Å². The van der Waals surface area contributed by atoms with E-state index in [0.29, 0.717) is 0 Å². The molecule has 0 N–H and O–H groups in total. The van der Waals surface area contributed by atoms with Crippen molar-refractivity contribution in [1.29, 1.82) is 0 Å². The van der Waals surface area contributed by atoms with E-state index in [2.05, 4.69) is 0 Å². The molecular formula is HBO4SiZn. The van der Waals surface area contributed by atoms with Crippen LogP contribution in [0.3, 0.4) is 0 Å². The Labute approximate surface area is 56.1 Å². The van der Waals surface area contributed by atoms with Crippen LogP contribution in [0.5, 0.6) is 0 Å². The smallest absolute Gasteiger partial charge is 2.00 e. The summed E-state index contributed by atoms with van der Waals surface area (Å²) in [6.45, 7) is 0. The minimum Gasteiger partial charge on any atom is -2.00 e. The minimum absolute atomic E-state index is 0. The third-order valence-corrected chi connectivity index (χ3v) is 0. The first kappa shape index (κ1) is 26.7. The van der Waals surface area contributed by atoms with E-state index in [9.17, 15) is 0 Å². The fraction of sp³-hybridized carbons (Fsp3) is 0. The van der Waals surface area contributed by atoms with E-state index in [1.54, 1.807) is 0 Å². The van der Waals surface area contributed by atoms with Crippen LogP contribution >= 0.6 is 0 Å². The van der Waals surface area contributed by atoms with Crippen LogP contribution in [-0.2, 0) is 38.6 Å². The molecule has 0 aromatic carbocycles. The Morgan fingerprint density at radius 1 is 1.14 bits per heavy atom. The van der Waals surface area contributed by atoms with Gasteiger partial charge in [-0.15, -0.1) is 0 Å². The van der Waals surface area contributed by atoms with Gasteiger partial charge in [-0.05, 0) is 0 Å². The number of hydrogen-bond acceptors (Lipinski definition) is 3. The van der Waals surface area contributed by atoms with Gasteiger partial charge in [0.25, 0.3) is 0 Å². The molecule has 0 saturated heterocycles. The molecule has 0 atom stereocenters. The van der Waals surface area contributed by atoms with Crippen LogP contribution in [0.4, 0.5) is 0 Å². The number of hydrogen-bond donors (Lipinski definition) is 0. The van der Waals surface area contributed by atoms with Gasteiger partial charge in [0.2, 0.25) is 0 Å². The first-order chi connectivity index (χ1) is 2.41. The number of rotatable bonds is 0. The Kier molecular flexibility index (Phi) is 415. The zero-order chi connectivity index (χ0) is 4.71. The molecule has 0 aliphatic heterocycles. The van der Waals surface area contributed by atoms with Crippen LogP contribution in [0, 0.1) is 0 Å². The summed E-state index contributed by atoms with van der Waals surface area (Å²) in [6, 6.07) is 0. The van der Waals surface area contributed by atoms with Crippen LogP contribution in [0.2, 0.25) is 0 Å². The van der Waals surface area contributed by atoms with E-state index < -0.39 is 9.29 Å². The third kappa shape index (κ3) is 1620. The molecule has 0 unspecified atom stereocenters. The van der Waals surface area contributed by atoms with Gasteiger partial charge in [0.15, 0.2) is 0 Å². The molecule has 0 bridgehead atoms. The first-order valence-corrected chi connectivity index (χ1v) is 1.51. The average molecular weight is 169 g/mol. The fourth-order valence-corrected chi connectivity index (χ4v) is 0. The summed E-state index contributed by atoms with van der Waals surface area (Å²) < 4.78 is 24.8. The van der Waals surface area contributed by atoms with Crippen molar-refractivity contribution in [2.24, 2.45) is 0 Å². The van der Waals surface area contributed by atoms with E-state index in [0.717, 1.165) is 0 Å². The molecule has 0 aromatic heterocycles. The van der Waals surface area contributed by atoms with E-state index in [1.165, 1.54) is 0 Å². The van der Waals surface area contributed by atoms with Crippen molar-refractivity contribution in [2.45, 2.75) is 0 Å². The maximum atomic E-state index is 8.40. The van der Waals surface area contributed by atoms with Crippen LogP contribution in [-0.4, -0.2) is 17.0 Å². The van der Waals surface area contributed by atoms with E-state index in [1.807, 2.05) is 7.72 Å². The van der Waals surface area contributed by atoms with E-state index in [4.69, 9.17) is 13.6 Å². The summed E-state index contributed by atoms with van der Waals surface area (Å²) in [4.78, 5) is 0. The molecule has 0 spiro atoms. The van der Waals surface area contributed by atoms with Crippen molar-refractivity contribution in [3.8, 4) is 0 Å². The maximum Gasteiger partial charge on any atom is 2.00 e. The molecule has 0 aliphatic carbocycles. The van der Waals surface area contributed by atoms with Gasteiger partial charge in [-0.25, -0.2) is 0 Å². The monoisotopic (exact) mass is 168 g/mol. The predicted octanol–water partition coefficient (Wildman–Crippen LogP) is -1.51. The zero-order valence-corrected chi connectivity index (χ0v) is 7.51. The summed E-state index contributed by atoms with van der Waals surface area (Å²) >= 11 is 0. The molecule has 7 heteroatoms. The van der Waals surface area contributed by atoms with Crippen molar-refractivity contribution < 1.29 is 38.6 Å². The summed E-state index contributed by atoms with van der Waals surface area (Å²) in [5.41, 5.74) is 0. The Morgan fingerprint density at radius 2 is 1.14 bits per heavy atom. The minimum atomic E-state index is -1.42. The molecule has 4 nitrogen and oxygen atoms in total. The van der Waals surface area contributed by atoms with Crippen LogP contribution in [0.15, 0.2) is 0 Å². The molecule has 0 rings (SSSR count). The molecule has 0 fully saturated rings. The second kappa shape index (κ2) is 109. The Morgan fingerprint density at radius 3 is 1.14 bits per heavy atom. The second-order valence-corrected chi connectivity index (χ2v) is 0.250. The fourth-order valence-electron chi connectivity index (χ4n) is 0. The first-order valence-electron chi connectivity index (χ1n) is 0.697. The van der Waals surface area contributed by atoms with Crippen molar-refractivity contribution in [1.82, 2.24) is 0 Å². The van der Waals surface area contributed by atoms with E-state index >= 15 is 0 Å². The standard InChI is InChI=1S/BHO.O2Si.O.Zn/c1-2;1-3-2;;/h1H;;;/q;;-2;+2. The van der Waals surface area contributed by atoms with Gasteiger partial charge in [0.1, 0.15) is 0 Å². The molecule has 0 radical (unpaired) electrons. The van der Waals surface area contributed by atoms with Gasteiger partial charge in [-0.3, -0.25) is 8.92 Å². The topological polar surface area (TPSA) is 79.7 Å². The van der Waals surface area contributed by atoms with E-state index in [-0.39, 0.29) is 25.0 Å². The largest absolute Gasteiger partial charge is 2.00 e. The summed E-state index contributed by atoms with van der Waals surface area (Å²) in [7, 11) is 0.583. The van der Waals surface area contributed by atoms with Gasteiger partial charge in [-0.1, -0.05) is 0 Å². The Balaban J connectivity index is -0.0000000105. The normalized spacial score (nSPS) is 1.57. The van der Waals surface area contributed by atoms with Crippen LogP contribution in [0.25, 0.3) is 0 Å². The molecule has 0 aliphatic rings. The van der Waals surface area contributed by atoms with Gasteiger partial charge in [0.05, 0.1) is 0 Å². The maximum absolute atomic E-state index is 8.40. The van der Waals surface area contributed by atoms with Crippen LogP contribution < -0.4 is 0 Å². The molecule has 34 valence electrons. The SMILES string of the molecule is B=O.O=[Si]=O.[O-2].[Zn+2]. The van der Waals surface area contributed by atoms with Gasteiger partial charge >= 0.3 is 41.2 Å². The van der Waals surface area contributed by atoms with Crippen molar-refractivity contribution in [3.63, 3.8) is 0 Å².